The average molecular weight is 275 g/mol. The van der Waals surface area contributed by atoms with E-state index in [4.69, 9.17) is 0 Å². The maximum atomic E-state index is 12.5. The normalized spacial score (nSPS) is 24.8. The van der Waals surface area contributed by atoms with E-state index in [2.05, 4.69) is 15.1 Å². The van der Waals surface area contributed by atoms with Crippen molar-refractivity contribution in [3.8, 4) is 0 Å². The van der Waals surface area contributed by atoms with Gasteiger partial charge < -0.3 is 4.90 Å². The highest BCUT2D eigenvalue weighted by molar-refractivity contribution is 5.76. The number of amides is 1. The number of H-pyrrole nitrogens is 1. The molecule has 20 heavy (non-hydrogen) atoms. The molecule has 1 aliphatic carbocycles. The van der Waals surface area contributed by atoms with Gasteiger partial charge in [0.2, 0.25) is 5.91 Å². The number of carbonyl (C=O) groups is 1. The molecule has 1 saturated heterocycles. The molecule has 110 valence electrons. The number of likely N-dealkylation sites (tertiary alicyclic amines) is 1. The molecule has 1 aliphatic heterocycles. The summed E-state index contributed by atoms with van der Waals surface area (Å²) in [5.74, 6) is 1.46. The fourth-order valence-corrected chi connectivity index (χ4v) is 3.72. The molecule has 0 aromatic carbocycles. The van der Waals surface area contributed by atoms with Crippen molar-refractivity contribution in [1.82, 2.24) is 15.1 Å². The first-order valence-corrected chi connectivity index (χ1v) is 8.10. The molecule has 1 amide bonds. The number of carbonyl (C=O) groups excluding carboxylic acids is 1. The van der Waals surface area contributed by atoms with Crippen LogP contribution in [-0.4, -0.2) is 34.1 Å². The van der Waals surface area contributed by atoms with Crippen molar-refractivity contribution >= 4 is 5.91 Å². The minimum atomic E-state index is 0.376. The maximum absolute atomic E-state index is 12.5. The third-order valence-corrected chi connectivity index (χ3v) is 4.92. The van der Waals surface area contributed by atoms with Gasteiger partial charge in [-0.25, -0.2) is 0 Å². The summed E-state index contributed by atoms with van der Waals surface area (Å²) in [5.41, 5.74) is 1.18. The van der Waals surface area contributed by atoms with Gasteiger partial charge in [0.05, 0.1) is 0 Å². The molecule has 2 heterocycles. The molecule has 0 bridgehead atoms. The summed E-state index contributed by atoms with van der Waals surface area (Å²) in [4.78, 5) is 14.6. The number of hydrogen-bond acceptors (Lipinski definition) is 2. The Morgan fingerprint density at radius 2 is 2.10 bits per heavy atom. The maximum Gasteiger partial charge on any atom is 0.222 e. The van der Waals surface area contributed by atoms with Crippen LogP contribution in [0.5, 0.6) is 0 Å². The van der Waals surface area contributed by atoms with E-state index >= 15 is 0 Å². The minimum Gasteiger partial charge on any atom is -0.342 e. The van der Waals surface area contributed by atoms with E-state index in [1.54, 1.807) is 6.20 Å². The summed E-state index contributed by atoms with van der Waals surface area (Å²) >= 11 is 0. The van der Waals surface area contributed by atoms with Crippen LogP contribution >= 0.6 is 0 Å². The zero-order chi connectivity index (χ0) is 13.8. The zero-order valence-electron chi connectivity index (χ0n) is 12.2. The number of piperidine rings is 1. The third kappa shape index (κ3) is 3.22. The van der Waals surface area contributed by atoms with Gasteiger partial charge in [0.25, 0.3) is 0 Å². The molecule has 1 atom stereocenters. The highest BCUT2D eigenvalue weighted by atomic mass is 16.2. The van der Waals surface area contributed by atoms with Gasteiger partial charge in [0.1, 0.15) is 0 Å². The van der Waals surface area contributed by atoms with Crippen LogP contribution in [0.1, 0.15) is 63.0 Å². The lowest BCUT2D eigenvalue weighted by molar-refractivity contribution is -0.133. The monoisotopic (exact) mass is 275 g/mol. The van der Waals surface area contributed by atoms with Crippen LogP contribution in [-0.2, 0) is 4.79 Å². The van der Waals surface area contributed by atoms with Crippen molar-refractivity contribution in [2.75, 3.05) is 13.1 Å². The number of aromatic amines is 1. The Labute approximate surface area is 120 Å². The van der Waals surface area contributed by atoms with Crippen LogP contribution in [0.25, 0.3) is 0 Å². The fourth-order valence-electron chi connectivity index (χ4n) is 3.72. The second-order valence-corrected chi connectivity index (χ2v) is 6.40. The van der Waals surface area contributed by atoms with Crippen molar-refractivity contribution < 1.29 is 4.79 Å². The number of rotatable bonds is 3. The zero-order valence-corrected chi connectivity index (χ0v) is 12.2. The van der Waals surface area contributed by atoms with Crippen LogP contribution in [0.3, 0.4) is 0 Å². The lowest BCUT2D eigenvalue weighted by Gasteiger charge is -2.33. The van der Waals surface area contributed by atoms with Crippen molar-refractivity contribution in [3.63, 3.8) is 0 Å². The highest BCUT2D eigenvalue weighted by Gasteiger charge is 2.27. The first-order valence-electron chi connectivity index (χ1n) is 8.10. The van der Waals surface area contributed by atoms with Gasteiger partial charge >= 0.3 is 0 Å². The van der Waals surface area contributed by atoms with Crippen LogP contribution < -0.4 is 0 Å². The molecular formula is C16H25N3O. The fraction of sp³-hybridized carbons (Fsp3) is 0.750. The molecule has 4 nitrogen and oxygen atoms in total. The second-order valence-electron chi connectivity index (χ2n) is 6.40. The van der Waals surface area contributed by atoms with Gasteiger partial charge in [0.15, 0.2) is 0 Å². The van der Waals surface area contributed by atoms with Crippen molar-refractivity contribution in [2.24, 2.45) is 5.92 Å². The molecule has 2 fully saturated rings. The third-order valence-electron chi connectivity index (χ3n) is 4.92. The number of aromatic nitrogens is 2. The second kappa shape index (κ2) is 6.42. The predicted octanol–water partition coefficient (Wildman–Crippen LogP) is 3.09. The van der Waals surface area contributed by atoms with Gasteiger partial charge in [-0.2, -0.15) is 5.10 Å². The Bertz CT molecular complexity index is 423. The Hall–Kier alpha value is -1.32. The van der Waals surface area contributed by atoms with Crippen LogP contribution in [0.4, 0.5) is 0 Å². The number of nitrogens with one attached hydrogen (secondary N) is 1. The van der Waals surface area contributed by atoms with E-state index in [9.17, 15) is 4.79 Å². The number of hydrogen-bond donors (Lipinski definition) is 1. The first kappa shape index (κ1) is 13.7. The lowest BCUT2D eigenvalue weighted by atomic mass is 9.86. The molecule has 4 heteroatoms. The van der Waals surface area contributed by atoms with Crippen molar-refractivity contribution in [1.29, 1.82) is 0 Å². The first-order chi connectivity index (χ1) is 9.83. The molecule has 1 N–H and O–H groups in total. The molecule has 1 saturated carbocycles. The van der Waals surface area contributed by atoms with E-state index < -0.39 is 0 Å². The topological polar surface area (TPSA) is 49.0 Å². The summed E-state index contributed by atoms with van der Waals surface area (Å²) in [6.45, 7) is 1.81. The Kier molecular flexibility index (Phi) is 4.38. The summed E-state index contributed by atoms with van der Waals surface area (Å²) in [6.07, 6.45) is 11.3. The standard InChI is InChI=1S/C16H25N3O/c20-16(11-13-5-2-1-3-6-13)19-10-4-7-14(12-19)15-8-9-17-18-15/h8-9,13-14H,1-7,10-12H2,(H,17,18). The van der Waals surface area contributed by atoms with Gasteiger partial charge in [-0.15, -0.1) is 0 Å². The minimum absolute atomic E-state index is 0.376. The number of nitrogens with zero attached hydrogens (tertiary/aromatic N) is 2. The smallest absolute Gasteiger partial charge is 0.222 e. The van der Waals surface area contributed by atoms with Crippen LogP contribution in [0, 0.1) is 5.92 Å². The predicted molar refractivity (Wildman–Crippen MR) is 78.3 cm³/mol. The van der Waals surface area contributed by atoms with Crippen LogP contribution in [0.2, 0.25) is 0 Å². The highest BCUT2D eigenvalue weighted by Crippen LogP contribution is 2.29. The Balaban J connectivity index is 1.54. The Morgan fingerprint density at radius 1 is 1.25 bits per heavy atom. The van der Waals surface area contributed by atoms with E-state index in [0.717, 1.165) is 32.4 Å². The summed E-state index contributed by atoms with van der Waals surface area (Å²) < 4.78 is 0. The van der Waals surface area contributed by atoms with E-state index in [1.807, 2.05) is 6.07 Å². The molecule has 0 radical (unpaired) electrons. The van der Waals surface area contributed by atoms with Gasteiger partial charge in [-0.3, -0.25) is 9.89 Å². The molecule has 1 aromatic rings. The summed E-state index contributed by atoms with van der Waals surface area (Å²) in [7, 11) is 0. The van der Waals surface area contributed by atoms with Crippen LogP contribution in [0.15, 0.2) is 12.3 Å². The summed E-state index contributed by atoms with van der Waals surface area (Å²) in [5, 5.41) is 7.09. The van der Waals surface area contributed by atoms with Crippen molar-refractivity contribution in [3.05, 3.63) is 18.0 Å². The largest absolute Gasteiger partial charge is 0.342 e. The molecule has 1 unspecified atom stereocenters. The summed E-state index contributed by atoms with van der Waals surface area (Å²) in [6, 6.07) is 2.04. The van der Waals surface area contributed by atoms with E-state index in [1.165, 1.54) is 37.8 Å². The quantitative estimate of drug-likeness (QED) is 0.921. The molecule has 3 rings (SSSR count). The average Bonchev–Trinajstić information content (AvgIpc) is 3.03. The van der Waals surface area contributed by atoms with Gasteiger partial charge in [-0.1, -0.05) is 19.3 Å². The van der Waals surface area contributed by atoms with Gasteiger partial charge in [-0.05, 0) is 37.7 Å². The van der Waals surface area contributed by atoms with Crippen molar-refractivity contribution in [2.45, 2.75) is 57.3 Å². The van der Waals surface area contributed by atoms with E-state index in [-0.39, 0.29) is 0 Å². The van der Waals surface area contributed by atoms with Gasteiger partial charge in [0, 0.05) is 37.3 Å². The molecular weight excluding hydrogens is 250 g/mol. The Morgan fingerprint density at radius 3 is 2.85 bits per heavy atom. The lowest BCUT2D eigenvalue weighted by Crippen LogP contribution is -2.40. The molecule has 0 spiro atoms. The molecule has 1 aromatic heterocycles. The SMILES string of the molecule is O=C(CC1CCCCC1)N1CCCC(c2ccn[nH]2)C1. The molecule has 2 aliphatic rings. The van der Waals surface area contributed by atoms with E-state index in [0.29, 0.717) is 17.7 Å².